The highest BCUT2D eigenvalue weighted by Crippen LogP contribution is 2.19. The van der Waals surface area contributed by atoms with E-state index in [2.05, 4.69) is 4.98 Å². The molecule has 3 heteroatoms. The fraction of sp³-hybridized carbons (Fsp3) is 0.250. The van der Waals surface area contributed by atoms with Crippen LogP contribution in [0.2, 0.25) is 0 Å². The summed E-state index contributed by atoms with van der Waals surface area (Å²) < 4.78 is 5.18. The summed E-state index contributed by atoms with van der Waals surface area (Å²) in [5.41, 5.74) is 1.71. The van der Waals surface area contributed by atoms with Gasteiger partial charge in [-0.05, 0) is 30.7 Å². The van der Waals surface area contributed by atoms with Crippen molar-refractivity contribution in [1.29, 1.82) is 0 Å². The minimum Gasteiger partial charge on any atom is -0.469 e. The van der Waals surface area contributed by atoms with Gasteiger partial charge < -0.3 is 9.52 Å². The Kier molecular flexibility index (Phi) is 2.83. The van der Waals surface area contributed by atoms with Gasteiger partial charge >= 0.3 is 0 Å². The molecule has 0 saturated carbocycles. The molecule has 0 aliphatic rings. The van der Waals surface area contributed by atoms with E-state index in [0.717, 1.165) is 11.3 Å². The SMILES string of the molecule is Cc1cccnc1C(O)Cc1ccco1. The molecule has 0 spiro atoms. The van der Waals surface area contributed by atoms with Gasteiger partial charge in [-0.3, -0.25) is 4.98 Å². The van der Waals surface area contributed by atoms with E-state index in [4.69, 9.17) is 4.42 Å². The van der Waals surface area contributed by atoms with Crippen molar-refractivity contribution in [2.45, 2.75) is 19.4 Å². The van der Waals surface area contributed by atoms with Crippen LogP contribution in [0.3, 0.4) is 0 Å². The van der Waals surface area contributed by atoms with Gasteiger partial charge in [0.05, 0.1) is 12.0 Å². The summed E-state index contributed by atoms with van der Waals surface area (Å²) in [5.74, 6) is 0.771. The molecular weight excluding hydrogens is 190 g/mol. The Balaban J connectivity index is 2.15. The average molecular weight is 203 g/mol. The van der Waals surface area contributed by atoms with Gasteiger partial charge in [0, 0.05) is 12.6 Å². The fourth-order valence-electron chi connectivity index (χ4n) is 1.56. The van der Waals surface area contributed by atoms with E-state index in [1.807, 2.05) is 31.2 Å². The lowest BCUT2D eigenvalue weighted by atomic mass is 10.1. The van der Waals surface area contributed by atoms with E-state index in [-0.39, 0.29) is 0 Å². The minimum atomic E-state index is -0.600. The number of hydrogen-bond acceptors (Lipinski definition) is 3. The molecule has 1 N–H and O–H groups in total. The van der Waals surface area contributed by atoms with E-state index in [9.17, 15) is 5.11 Å². The Bertz CT molecular complexity index is 423. The highest BCUT2D eigenvalue weighted by molar-refractivity contribution is 5.20. The van der Waals surface area contributed by atoms with Crippen molar-refractivity contribution >= 4 is 0 Å². The van der Waals surface area contributed by atoms with Crippen molar-refractivity contribution < 1.29 is 9.52 Å². The largest absolute Gasteiger partial charge is 0.469 e. The molecule has 2 aromatic rings. The van der Waals surface area contributed by atoms with Crippen molar-refractivity contribution in [3.05, 3.63) is 53.7 Å². The second kappa shape index (κ2) is 4.28. The molecule has 1 atom stereocenters. The van der Waals surface area contributed by atoms with E-state index >= 15 is 0 Å². The average Bonchev–Trinajstić information content (AvgIpc) is 2.71. The lowest BCUT2D eigenvalue weighted by molar-refractivity contribution is 0.165. The van der Waals surface area contributed by atoms with Crippen LogP contribution in [0.25, 0.3) is 0 Å². The zero-order valence-electron chi connectivity index (χ0n) is 8.55. The predicted molar refractivity (Wildman–Crippen MR) is 56.3 cm³/mol. The molecule has 0 amide bonds. The maximum Gasteiger partial charge on any atom is 0.106 e. The van der Waals surface area contributed by atoms with E-state index in [1.165, 1.54) is 0 Å². The summed E-state index contributed by atoms with van der Waals surface area (Å²) in [6, 6.07) is 7.46. The van der Waals surface area contributed by atoms with Crippen LogP contribution in [0.5, 0.6) is 0 Å². The van der Waals surface area contributed by atoms with Gasteiger partial charge in [0.2, 0.25) is 0 Å². The summed E-state index contributed by atoms with van der Waals surface area (Å²) in [4.78, 5) is 4.17. The first kappa shape index (κ1) is 9.93. The quantitative estimate of drug-likeness (QED) is 0.832. The van der Waals surface area contributed by atoms with Gasteiger partial charge in [-0.25, -0.2) is 0 Å². The van der Waals surface area contributed by atoms with Gasteiger partial charge in [0.15, 0.2) is 0 Å². The molecule has 0 radical (unpaired) electrons. The standard InChI is InChI=1S/C12H13NO2/c1-9-4-2-6-13-12(9)11(14)8-10-5-3-7-15-10/h2-7,11,14H,8H2,1H3. The zero-order chi connectivity index (χ0) is 10.7. The van der Waals surface area contributed by atoms with Gasteiger partial charge in [-0.15, -0.1) is 0 Å². The zero-order valence-corrected chi connectivity index (χ0v) is 8.55. The van der Waals surface area contributed by atoms with Crippen LogP contribution < -0.4 is 0 Å². The van der Waals surface area contributed by atoms with Crippen LogP contribution in [-0.4, -0.2) is 10.1 Å². The third kappa shape index (κ3) is 2.25. The Labute approximate surface area is 88.4 Å². The number of hydrogen-bond donors (Lipinski definition) is 1. The Morgan fingerprint density at radius 2 is 2.27 bits per heavy atom. The minimum absolute atomic E-state index is 0.463. The highest BCUT2D eigenvalue weighted by atomic mass is 16.3. The Morgan fingerprint density at radius 1 is 1.40 bits per heavy atom. The van der Waals surface area contributed by atoms with Crippen molar-refractivity contribution in [3.8, 4) is 0 Å². The third-order valence-electron chi connectivity index (χ3n) is 2.34. The molecule has 2 rings (SSSR count). The van der Waals surface area contributed by atoms with Crippen molar-refractivity contribution in [3.63, 3.8) is 0 Å². The first-order chi connectivity index (χ1) is 7.27. The lowest BCUT2D eigenvalue weighted by Gasteiger charge is -2.10. The van der Waals surface area contributed by atoms with Crippen LogP contribution in [-0.2, 0) is 6.42 Å². The second-order valence-corrected chi connectivity index (χ2v) is 3.50. The maximum absolute atomic E-state index is 9.95. The van der Waals surface area contributed by atoms with E-state index < -0.39 is 6.10 Å². The first-order valence-electron chi connectivity index (χ1n) is 4.89. The number of furan rings is 1. The molecule has 2 heterocycles. The summed E-state index contributed by atoms with van der Waals surface area (Å²) in [5, 5.41) is 9.95. The topological polar surface area (TPSA) is 46.3 Å². The molecular formula is C12H13NO2. The van der Waals surface area contributed by atoms with Crippen LogP contribution in [0.1, 0.15) is 23.1 Å². The van der Waals surface area contributed by atoms with Crippen LogP contribution in [0.4, 0.5) is 0 Å². The summed E-state index contributed by atoms with van der Waals surface area (Å²) >= 11 is 0. The van der Waals surface area contributed by atoms with Crippen LogP contribution >= 0.6 is 0 Å². The molecule has 0 aromatic carbocycles. The molecule has 0 aliphatic carbocycles. The lowest BCUT2D eigenvalue weighted by Crippen LogP contribution is -2.05. The normalized spacial score (nSPS) is 12.7. The number of aliphatic hydroxyl groups excluding tert-OH is 1. The van der Waals surface area contributed by atoms with Crippen LogP contribution in [0, 0.1) is 6.92 Å². The second-order valence-electron chi connectivity index (χ2n) is 3.50. The Hall–Kier alpha value is -1.61. The molecule has 0 bridgehead atoms. The molecule has 2 aromatic heterocycles. The third-order valence-corrected chi connectivity index (χ3v) is 2.34. The number of pyridine rings is 1. The number of nitrogens with zero attached hydrogens (tertiary/aromatic N) is 1. The van der Waals surface area contributed by atoms with Crippen molar-refractivity contribution in [1.82, 2.24) is 4.98 Å². The van der Waals surface area contributed by atoms with Crippen molar-refractivity contribution in [2.24, 2.45) is 0 Å². The fourth-order valence-corrected chi connectivity index (χ4v) is 1.56. The van der Waals surface area contributed by atoms with E-state index in [0.29, 0.717) is 12.1 Å². The molecule has 78 valence electrons. The number of aliphatic hydroxyl groups is 1. The van der Waals surface area contributed by atoms with E-state index in [1.54, 1.807) is 12.5 Å². The molecule has 0 fully saturated rings. The molecule has 15 heavy (non-hydrogen) atoms. The molecule has 3 nitrogen and oxygen atoms in total. The maximum atomic E-state index is 9.95. The summed E-state index contributed by atoms with van der Waals surface area (Å²) in [7, 11) is 0. The van der Waals surface area contributed by atoms with Gasteiger partial charge in [-0.2, -0.15) is 0 Å². The highest BCUT2D eigenvalue weighted by Gasteiger charge is 2.13. The molecule has 1 unspecified atom stereocenters. The Morgan fingerprint density at radius 3 is 2.93 bits per heavy atom. The first-order valence-corrected chi connectivity index (χ1v) is 4.89. The summed E-state index contributed by atoms with van der Waals surface area (Å²) in [6.07, 6.45) is 3.16. The van der Waals surface area contributed by atoms with Gasteiger partial charge in [-0.1, -0.05) is 6.07 Å². The van der Waals surface area contributed by atoms with Gasteiger partial charge in [0.25, 0.3) is 0 Å². The number of aromatic nitrogens is 1. The molecule has 0 saturated heterocycles. The summed E-state index contributed by atoms with van der Waals surface area (Å²) in [6.45, 7) is 1.94. The van der Waals surface area contributed by atoms with Crippen LogP contribution in [0.15, 0.2) is 41.1 Å². The van der Waals surface area contributed by atoms with Crippen molar-refractivity contribution in [2.75, 3.05) is 0 Å². The number of rotatable bonds is 3. The predicted octanol–water partition coefficient (Wildman–Crippen LogP) is 2.26. The molecule has 0 aliphatic heterocycles. The smallest absolute Gasteiger partial charge is 0.106 e. The monoisotopic (exact) mass is 203 g/mol. The van der Waals surface area contributed by atoms with Gasteiger partial charge in [0.1, 0.15) is 11.9 Å². The number of aryl methyl sites for hydroxylation is 1.